The Morgan fingerprint density at radius 1 is 1.41 bits per heavy atom. The van der Waals surface area contributed by atoms with E-state index in [1.807, 2.05) is 11.1 Å². The lowest BCUT2D eigenvalue weighted by molar-refractivity contribution is -0.142. The number of nitrogens with zero attached hydrogens (tertiary/aromatic N) is 2. The standard InChI is InChI=1S/C16H24N4O2/c1-11(21)18-15(2,3)14(22)20-8-4-6-16(10-20)7-5-12-9-17-19-13(12)16/h9H,4-8,10H2,1-3H3,(H,17,19)(H,18,21). The maximum Gasteiger partial charge on any atom is 0.247 e. The van der Waals surface area contributed by atoms with Crippen molar-refractivity contribution in [3.8, 4) is 0 Å². The first-order valence-corrected chi connectivity index (χ1v) is 7.95. The molecule has 2 amide bonds. The molecule has 22 heavy (non-hydrogen) atoms. The predicted octanol–water partition coefficient (Wildman–Crippen LogP) is 1.13. The molecule has 6 nitrogen and oxygen atoms in total. The molecule has 1 atom stereocenters. The van der Waals surface area contributed by atoms with Crippen molar-refractivity contribution in [2.75, 3.05) is 13.1 Å². The number of amides is 2. The average molecular weight is 304 g/mol. The third kappa shape index (κ3) is 2.40. The van der Waals surface area contributed by atoms with Gasteiger partial charge in [-0.2, -0.15) is 5.10 Å². The van der Waals surface area contributed by atoms with Crippen LogP contribution in [0, 0.1) is 0 Å². The molecular formula is C16H24N4O2. The van der Waals surface area contributed by atoms with Gasteiger partial charge in [-0.05, 0) is 45.1 Å². The zero-order valence-corrected chi connectivity index (χ0v) is 13.5. The molecule has 3 rings (SSSR count). The topological polar surface area (TPSA) is 78.1 Å². The summed E-state index contributed by atoms with van der Waals surface area (Å²) in [7, 11) is 0. The van der Waals surface area contributed by atoms with E-state index in [9.17, 15) is 9.59 Å². The molecule has 0 saturated carbocycles. The van der Waals surface area contributed by atoms with Crippen LogP contribution in [0.5, 0.6) is 0 Å². The average Bonchev–Trinajstić information content (AvgIpc) is 3.02. The second-order valence-corrected chi connectivity index (χ2v) is 7.19. The zero-order chi connectivity index (χ0) is 16.0. The third-order valence-electron chi connectivity index (χ3n) is 5.01. The third-order valence-corrected chi connectivity index (χ3v) is 5.01. The molecular weight excluding hydrogens is 280 g/mol. The number of piperidine rings is 1. The van der Waals surface area contributed by atoms with Gasteiger partial charge in [0.2, 0.25) is 11.8 Å². The summed E-state index contributed by atoms with van der Waals surface area (Å²) in [6.45, 7) is 6.46. The lowest BCUT2D eigenvalue weighted by Crippen LogP contribution is -2.59. The number of hydrogen-bond acceptors (Lipinski definition) is 3. The molecule has 0 aromatic carbocycles. The van der Waals surface area contributed by atoms with Crippen LogP contribution in [0.3, 0.4) is 0 Å². The van der Waals surface area contributed by atoms with Gasteiger partial charge in [0, 0.05) is 31.1 Å². The number of carbonyl (C=O) groups is 2. The number of rotatable bonds is 2. The van der Waals surface area contributed by atoms with Crippen molar-refractivity contribution in [1.29, 1.82) is 0 Å². The summed E-state index contributed by atoms with van der Waals surface area (Å²) < 4.78 is 0. The fraction of sp³-hybridized carbons (Fsp3) is 0.688. The highest BCUT2D eigenvalue weighted by atomic mass is 16.2. The number of H-pyrrole nitrogens is 1. The molecule has 1 fully saturated rings. The Morgan fingerprint density at radius 2 is 2.18 bits per heavy atom. The Kier molecular flexibility index (Phi) is 3.50. The van der Waals surface area contributed by atoms with E-state index in [0.29, 0.717) is 6.54 Å². The van der Waals surface area contributed by atoms with Gasteiger partial charge in [0.1, 0.15) is 5.54 Å². The maximum atomic E-state index is 12.8. The number of likely N-dealkylation sites (tertiary alicyclic amines) is 1. The second kappa shape index (κ2) is 5.11. The molecule has 1 aliphatic heterocycles. The lowest BCUT2D eigenvalue weighted by atomic mass is 9.77. The summed E-state index contributed by atoms with van der Waals surface area (Å²) in [4.78, 5) is 26.1. The molecule has 2 heterocycles. The Bertz CT molecular complexity index is 607. The number of aromatic amines is 1. The van der Waals surface area contributed by atoms with E-state index >= 15 is 0 Å². The van der Waals surface area contributed by atoms with Crippen LogP contribution >= 0.6 is 0 Å². The number of fused-ring (bicyclic) bond motifs is 2. The van der Waals surface area contributed by atoms with Gasteiger partial charge in [-0.3, -0.25) is 14.7 Å². The smallest absolute Gasteiger partial charge is 0.247 e. The summed E-state index contributed by atoms with van der Waals surface area (Å²) in [6.07, 6.45) is 6.09. The number of carbonyl (C=O) groups excluding carboxylic acids is 2. The van der Waals surface area contributed by atoms with E-state index in [0.717, 1.165) is 32.2 Å². The van der Waals surface area contributed by atoms with Crippen LogP contribution in [0.25, 0.3) is 0 Å². The van der Waals surface area contributed by atoms with Crippen LogP contribution in [0.1, 0.15) is 51.3 Å². The molecule has 6 heteroatoms. The van der Waals surface area contributed by atoms with Crippen molar-refractivity contribution in [3.05, 3.63) is 17.5 Å². The maximum absolute atomic E-state index is 12.8. The van der Waals surface area contributed by atoms with E-state index in [2.05, 4.69) is 15.5 Å². The first kappa shape index (κ1) is 15.1. The highest BCUT2D eigenvalue weighted by Gasteiger charge is 2.46. The fourth-order valence-electron chi connectivity index (χ4n) is 4.06. The normalized spacial score (nSPS) is 24.4. The Morgan fingerprint density at radius 3 is 2.91 bits per heavy atom. The van der Waals surface area contributed by atoms with Crippen molar-refractivity contribution >= 4 is 11.8 Å². The van der Waals surface area contributed by atoms with Crippen molar-refractivity contribution in [2.45, 2.75) is 57.4 Å². The summed E-state index contributed by atoms with van der Waals surface area (Å²) in [5, 5.41) is 10.1. The quantitative estimate of drug-likeness (QED) is 0.860. The SMILES string of the molecule is CC(=O)NC(C)(C)C(=O)N1CCCC2(CCc3cn[nH]c32)C1. The van der Waals surface area contributed by atoms with E-state index in [1.54, 1.807) is 13.8 Å². The molecule has 1 aromatic rings. The summed E-state index contributed by atoms with van der Waals surface area (Å²) in [5.74, 6) is -0.184. The van der Waals surface area contributed by atoms with Crippen LogP contribution in [0.4, 0.5) is 0 Å². The monoisotopic (exact) mass is 304 g/mol. The largest absolute Gasteiger partial charge is 0.342 e. The van der Waals surface area contributed by atoms with Crippen molar-refractivity contribution in [2.24, 2.45) is 0 Å². The zero-order valence-electron chi connectivity index (χ0n) is 13.5. The van der Waals surface area contributed by atoms with Gasteiger partial charge in [0.25, 0.3) is 0 Å². The summed E-state index contributed by atoms with van der Waals surface area (Å²) >= 11 is 0. The van der Waals surface area contributed by atoms with Crippen LogP contribution in [-0.4, -0.2) is 45.5 Å². The number of hydrogen-bond donors (Lipinski definition) is 2. The summed E-state index contributed by atoms with van der Waals surface area (Å²) in [6, 6.07) is 0. The van der Waals surface area contributed by atoms with E-state index in [4.69, 9.17) is 0 Å². The Hall–Kier alpha value is -1.85. The molecule has 2 aliphatic rings. The van der Waals surface area contributed by atoms with Crippen LogP contribution in [0.15, 0.2) is 6.20 Å². The van der Waals surface area contributed by atoms with E-state index in [1.165, 1.54) is 18.2 Å². The van der Waals surface area contributed by atoms with Crippen LogP contribution in [0.2, 0.25) is 0 Å². The Balaban J connectivity index is 1.80. The first-order valence-electron chi connectivity index (χ1n) is 7.95. The van der Waals surface area contributed by atoms with Gasteiger partial charge in [-0.15, -0.1) is 0 Å². The van der Waals surface area contributed by atoms with Gasteiger partial charge in [-0.25, -0.2) is 0 Å². The van der Waals surface area contributed by atoms with Crippen molar-refractivity contribution in [1.82, 2.24) is 20.4 Å². The van der Waals surface area contributed by atoms with Crippen molar-refractivity contribution in [3.63, 3.8) is 0 Å². The number of nitrogens with one attached hydrogen (secondary N) is 2. The molecule has 1 saturated heterocycles. The second-order valence-electron chi connectivity index (χ2n) is 7.19. The van der Waals surface area contributed by atoms with E-state index < -0.39 is 5.54 Å². The molecule has 0 radical (unpaired) electrons. The Labute approximate surface area is 130 Å². The van der Waals surface area contributed by atoms with Crippen LogP contribution < -0.4 is 5.32 Å². The minimum absolute atomic E-state index is 0.00487. The molecule has 120 valence electrons. The van der Waals surface area contributed by atoms with Gasteiger partial charge < -0.3 is 10.2 Å². The molecule has 1 aromatic heterocycles. The number of aryl methyl sites for hydroxylation is 1. The van der Waals surface area contributed by atoms with Crippen molar-refractivity contribution < 1.29 is 9.59 Å². The highest BCUT2D eigenvalue weighted by molar-refractivity contribution is 5.90. The lowest BCUT2D eigenvalue weighted by Gasteiger charge is -2.43. The fourth-order valence-corrected chi connectivity index (χ4v) is 4.06. The number of aromatic nitrogens is 2. The minimum atomic E-state index is -0.861. The molecule has 1 spiro atoms. The highest BCUT2D eigenvalue weighted by Crippen LogP contribution is 2.44. The minimum Gasteiger partial charge on any atom is -0.342 e. The van der Waals surface area contributed by atoms with Crippen LogP contribution in [-0.2, 0) is 21.4 Å². The molecule has 2 N–H and O–H groups in total. The van der Waals surface area contributed by atoms with Gasteiger partial charge in [0.05, 0.1) is 6.20 Å². The van der Waals surface area contributed by atoms with Gasteiger partial charge in [-0.1, -0.05) is 0 Å². The molecule has 0 bridgehead atoms. The van der Waals surface area contributed by atoms with Gasteiger partial charge in [0.15, 0.2) is 0 Å². The molecule has 1 unspecified atom stereocenters. The summed E-state index contributed by atoms with van der Waals surface area (Å²) in [5.41, 5.74) is 1.66. The predicted molar refractivity (Wildman–Crippen MR) is 82.3 cm³/mol. The molecule has 1 aliphatic carbocycles. The van der Waals surface area contributed by atoms with E-state index in [-0.39, 0.29) is 17.2 Å². The first-order chi connectivity index (χ1) is 10.3. The van der Waals surface area contributed by atoms with Gasteiger partial charge >= 0.3 is 0 Å².